The summed E-state index contributed by atoms with van der Waals surface area (Å²) in [5, 5.41) is 0. The predicted molar refractivity (Wildman–Crippen MR) is 52.8 cm³/mol. The van der Waals surface area contributed by atoms with Crippen LogP contribution in [-0.4, -0.2) is 16.1 Å². The maximum Gasteiger partial charge on any atom is 0.0708 e. The number of allylic oxidation sites excluding steroid dienone is 1. The summed E-state index contributed by atoms with van der Waals surface area (Å²) in [6, 6.07) is 0. The van der Waals surface area contributed by atoms with Gasteiger partial charge in [-0.25, -0.2) is 0 Å². The molecule has 0 radical (unpaired) electrons. The molecule has 58 valence electrons. The Morgan fingerprint density at radius 3 is 2.50 bits per heavy atom. The Labute approximate surface area is 71.8 Å². The maximum atomic E-state index is 2.23. The van der Waals surface area contributed by atoms with Crippen LogP contribution in [0.15, 0.2) is 11.6 Å². The molecule has 0 spiro atoms. The number of hydrogen-bond donors (Lipinski definition) is 0. The van der Waals surface area contributed by atoms with Crippen LogP contribution in [0.1, 0.15) is 20.3 Å². The first-order chi connectivity index (χ1) is 4.84. The average Bonchev–Trinajstić information content (AvgIpc) is 2.05. The van der Waals surface area contributed by atoms with Gasteiger partial charge in [-0.2, -0.15) is 0 Å². The summed E-state index contributed by atoms with van der Waals surface area (Å²) in [7, 11) is 0. The molecular weight excluding hydrogens is 160 g/mol. The van der Waals surface area contributed by atoms with E-state index in [1.807, 2.05) is 0 Å². The largest absolute Gasteiger partial charge is 0.143 e. The minimum atomic E-state index is 0.763. The highest BCUT2D eigenvalue weighted by atomic mass is 32.2. The molecule has 0 aromatic heterocycles. The van der Waals surface area contributed by atoms with Gasteiger partial charge in [0.2, 0.25) is 0 Å². The van der Waals surface area contributed by atoms with Crippen LogP contribution in [0.5, 0.6) is 0 Å². The summed E-state index contributed by atoms with van der Waals surface area (Å²) in [5.41, 5.74) is 1.54. The fourth-order valence-electron chi connectivity index (χ4n) is 0.887. The van der Waals surface area contributed by atoms with Crippen LogP contribution in [0.3, 0.4) is 0 Å². The van der Waals surface area contributed by atoms with Gasteiger partial charge in [-0.3, -0.25) is 0 Å². The second kappa shape index (κ2) is 4.35. The van der Waals surface area contributed by atoms with Gasteiger partial charge in [0.15, 0.2) is 0 Å². The molecule has 1 aliphatic heterocycles. The highest BCUT2D eigenvalue weighted by Crippen LogP contribution is 2.35. The van der Waals surface area contributed by atoms with Gasteiger partial charge >= 0.3 is 0 Å². The molecule has 10 heavy (non-hydrogen) atoms. The molecule has 1 saturated heterocycles. The van der Waals surface area contributed by atoms with E-state index in [9.17, 15) is 0 Å². The van der Waals surface area contributed by atoms with Gasteiger partial charge in [-0.05, 0) is 31.8 Å². The van der Waals surface area contributed by atoms with Crippen LogP contribution in [-0.2, 0) is 0 Å². The molecule has 1 fully saturated rings. The number of hydrogen-bond acceptors (Lipinski definition) is 2. The molecule has 0 saturated carbocycles. The quantitative estimate of drug-likeness (QED) is 0.560. The first-order valence-electron chi connectivity index (χ1n) is 3.70. The van der Waals surface area contributed by atoms with E-state index in [2.05, 4.69) is 43.4 Å². The zero-order chi connectivity index (χ0) is 7.40. The second-order valence-electron chi connectivity index (χ2n) is 2.46. The number of thioether (sulfide) groups is 2. The van der Waals surface area contributed by atoms with Gasteiger partial charge in [0.1, 0.15) is 0 Å². The van der Waals surface area contributed by atoms with Crippen molar-refractivity contribution in [1.29, 1.82) is 0 Å². The molecule has 1 heterocycles. The molecule has 1 rings (SSSR count). The van der Waals surface area contributed by atoms with E-state index in [0.29, 0.717) is 0 Å². The Morgan fingerprint density at radius 1 is 1.40 bits per heavy atom. The van der Waals surface area contributed by atoms with Crippen LogP contribution < -0.4 is 0 Å². The van der Waals surface area contributed by atoms with Crippen molar-refractivity contribution in [2.75, 3.05) is 11.5 Å². The molecule has 0 unspecified atom stereocenters. The summed E-state index contributed by atoms with van der Waals surface area (Å²) < 4.78 is 0.763. The van der Waals surface area contributed by atoms with Crippen LogP contribution in [0.25, 0.3) is 0 Å². The highest BCUT2D eigenvalue weighted by Gasteiger charge is 2.14. The van der Waals surface area contributed by atoms with Gasteiger partial charge in [0, 0.05) is 0 Å². The summed E-state index contributed by atoms with van der Waals surface area (Å²) in [6.45, 7) is 4.36. The molecule has 0 nitrogen and oxygen atoms in total. The lowest BCUT2D eigenvalue weighted by Crippen LogP contribution is -2.07. The SMILES string of the molecule is C/C=C(/C)C1SCCCS1. The lowest BCUT2D eigenvalue weighted by Gasteiger charge is -2.21. The maximum absolute atomic E-state index is 2.23. The Morgan fingerprint density at radius 2 is 2.00 bits per heavy atom. The van der Waals surface area contributed by atoms with Crippen molar-refractivity contribution in [2.45, 2.75) is 24.9 Å². The molecule has 0 atom stereocenters. The minimum absolute atomic E-state index is 0.763. The summed E-state index contributed by atoms with van der Waals surface area (Å²) in [6.07, 6.45) is 3.62. The van der Waals surface area contributed by atoms with E-state index < -0.39 is 0 Å². The van der Waals surface area contributed by atoms with Crippen molar-refractivity contribution < 1.29 is 0 Å². The molecule has 1 aliphatic rings. The van der Waals surface area contributed by atoms with Crippen molar-refractivity contribution >= 4 is 23.5 Å². The van der Waals surface area contributed by atoms with Gasteiger partial charge in [0.25, 0.3) is 0 Å². The molecule has 0 aromatic carbocycles. The Hall–Kier alpha value is 0.440. The zero-order valence-corrected chi connectivity index (χ0v) is 8.23. The van der Waals surface area contributed by atoms with Crippen molar-refractivity contribution in [3.8, 4) is 0 Å². The third-order valence-corrected chi connectivity index (χ3v) is 4.87. The van der Waals surface area contributed by atoms with Crippen molar-refractivity contribution in [3.05, 3.63) is 11.6 Å². The third kappa shape index (κ3) is 2.24. The van der Waals surface area contributed by atoms with Crippen LogP contribution in [0.2, 0.25) is 0 Å². The van der Waals surface area contributed by atoms with Gasteiger partial charge in [-0.15, -0.1) is 23.5 Å². The topological polar surface area (TPSA) is 0 Å². The van der Waals surface area contributed by atoms with Gasteiger partial charge < -0.3 is 0 Å². The lowest BCUT2D eigenvalue weighted by molar-refractivity contribution is 1.10. The first kappa shape index (κ1) is 8.54. The molecule has 2 heteroatoms. The molecule has 0 aliphatic carbocycles. The standard InChI is InChI=1S/C8H14S2/c1-3-7(2)8-9-5-4-6-10-8/h3,8H,4-6H2,1-2H3/b7-3-. The van der Waals surface area contributed by atoms with Crippen LogP contribution >= 0.6 is 23.5 Å². The Bertz CT molecular complexity index is 123. The van der Waals surface area contributed by atoms with E-state index in [4.69, 9.17) is 0 Å². The lowest BCUT2D eigenvalue weighted by atomic mass is 10.3. The fraction of sp³-hybridized carbons (Fsp3) is 0.750. The summed E-state index contributed by atoms with van der Waals surface area (Å²) in [4.78, 5) is 0. The van der Waals surface area contributed by atoms with E-state index >= 15 is 0 Å². The molecule has 0 bridgehead atoms. The van der Waals surface area contributed by atoms with Crippen LogP contribution in [0.4, 0.5) is 0 Å². The minimum Gasteiger partial charge on any atom is -0.143 e. The average molecular weight is 174 g/mol. The van der Waals surface area contributed by atoms with Gasteiger partial charge in [-0.1, -0.05) is 11.6 Å². The van der Waals surface area contributed by atoms with Crippen molar-refractivity contribution in [2.24, 2.45) is 0 Å². The number of rotatable bonds is 1. The van der Waals surface area contributed by atoms with Crippen molar-refractivity contribution in [1.82, 2.24) is 0 Å². The van der Waals surface area contributed by atoms with E-state index in [0.717, 1.165) is 4.58 Å². The van der Waals surface area contributed by atoms with Crippen molar-refractivity contribution in [3.63, 3.8) is 0 Å². The van der Waals surface area contributed by atoms with E-state index in [-0.39, 0.29) is 0 Å². The molecule has 0 N–H and O–H groups in total. The normalized spacial score (nSPS) is 23.2. The summed E-state index contributed by atoms with van der Waals surface area (Å²) >= 11 is 4.18. The van der Waals surface area contributed by atoms with E-state index in [1.54, 1.807) is 0 Å². The molecule has 0 aromatic rings. The molecule has 0 amide bonds. The Balaban J connectivity index is 2.39. The second-order valence-corrected chi connectivity index (χ2v) is 5.18. The molecular formula is C8H14S2. The smallest absolute Gasteiger partial charge is 0.0708 e. The highest BCUT2D eigenvalue weighted by molar-refractivity contribution is 8.17. The predicted octanol–water partition coefficient (Wildman–Crippen LogP) is 3.15. The van der Waals surface area contributed by atoms with Gasteiger partial charge in [0.05, 0.1) is 4.58 Å². The third-order valence-electron chi connectivity index (χ3n) is 1.65. The van der Waals surface area contributed by atoms with Crippen LogP contribution in [0, 0.1) is 0 Å². The monoisotopic (exact) mass is 174 g/mol. The first-order valence-corrected chi connectivity index (χ1v) is 5.80. The fourth-order valence-corrected chi connectivity index (χ4v) is 3.88. The Kier molecular flexibility index (Phi) is 3.71. The zero-order valence-electron chi connectivity index (χ0n) is 6.59. The summed E-state index contributed by atoms with van der Waals surface area (Å²) in [5.74, 6) is 2.70. The van der Waals surface area contributed by atoms with E-state index in [1.165, 1.54) is 23.5 Å².